The van der Waals surface area contributed by atoms with Crippen molar-refractivity contribution in [1.82, 2.24) is 0 Å². The summed E-state index contributed by atoms with van der Waals surface area (Å²) in [6.07, 6.45) is -0.672. The second-order valence-corrected chi connectivity index (χ2v) is 4.75. The molecule has 0 N–H and O–H groups in total. The molecule has 0 rings (SSSR count). The molecule has 0 aliphatic heterocycles. The van der Waals surface area contributed by atoms with E-state index in [9.17, 15) is 9.59 Å². The van der Waals surface area contributed by atoms with E-state index in [0.29, 0.717) is 0 Å². The summed E-state index contributed by atoms with van der Waals surface area (Å²) in [5.74, 6) is -1.94. The summed E-state index contributed by atoms with van der Waals surface area (Å²) < 4.78 is 9.60. The Labute approximate surface area is 204 Å². The third kappa shape index (κ3) is 11.2. The fourth-order valence-electron chi connectivity index (χ4n) is 0.804. The first-order valence-electron chi connectivity index (χ1n) is 4.78. The van der Waals surface area contributed by atoms with Crippen LogP contribution in [0.4, 0.5) is 0 Å². The smallest absolute Gasteiger partial charge is 0.484 e. The monoisotopic (exact) mass is 341 g/mol. The molecule has 0 saturated heterocycles. The number of carbonyl (C=O) groups is 2. The van der Waals surface area contributed by atoms with Crippen LogP contribution in [0.3, 0.4) is 0 Å². The van der Waals surface area contributed by atoms with Gasteiger partial charge in [0.1, 0.15) is 0 Å². The van der Waals surface area contributed by atoms with Crippen LogP contribution in [-0.4, -0.2) is 79.7 Å². The van der Waals surface area contributed by atoms with E-state index < -0.39 is 11.9 Å². The molecule has 93 valence electrons. The molecule has 0 amide bonds. The summed E-state index contributed by atoms with van der Waals surface area (Å²) in [5, 5.41) is 0. The molecule has 0 aromatic heterocycles. The third-order valence-electron chi connectivity index (χ3n) is 1.31. The normalized spacial score (nSPS) is 9.06. The van der Waals surface area contributed by atoms with Gasteiger partial charge >= 0.3 is 51.4 Å². The van der Waals surface area contributed by atoms with Crippen LogP contribution in [-0.2, 0) is 19.1 Å². The number of rotatable bonds is 5. The Hall–Kier alpha value is 2.52. The van der Waals surface area contributed by atoms with Crippen molar-refractivity contribution >= 4 is 92.4 Å². The predicted octanol–water partition coefficient (Wildman–Crippen LogP) is -1.66. The van der Waals surface area contributed by atoms with E-state index in [0.717, 1.165) is 0 Å². The largest absolute Gasteiger partial charge is 1.00 e. The van der Waals surface area contributed by atoms with Crippen molar-refractivity contribution in [2.45, 2.75) is 39.9 Å². The van der Waals surface area contributed by atoms with E-state index >= 15 is 0 Å². The van der Waals surface area contributed by atoms with Crippen molar-refractivity contribution in [2.24, 2.45) is 0 Å². The molecule has 18 heavy (non-hydrogen) atoms. The molecule has 0 aromatic rings. The van der Waals surface area contributed by atoms with Crippen molar-refractivity contribution in [3.63, 3.8) is 0 Å². The minimum absolute atomic E-state index is 0. The fraction of sp³-hybridized carbons (Fsp3) is 0.600. The summed E-state index contributed by atoms with van der Waals surface area (Å²) in [5.41, 5.74) is 0. The van der Waals surface area contributed by atoms with Crippen molar-refractivity contribution in [2.75, 3.05) is 0 Å². The zero-order chi connectivity index (χ0) is 12.9. The number of hydrogen-bond acceptors (Lipinski definition) is 5. The molecule has 4 nitrogen and oxygen atoms in total. The Bertz CT molecular complexity index is 274. The SMILES string of the molecule is CC(C)OC(=O)[C-](C(=O)OC(C)C)C(=S)S.[K+].[K]. The minimum atomic E-state index is -0.805. The standard InChI is InChI=1S/C10H15O4S2.2K/c1-5(2)13-8(11)7(10(15)16)9(12)14-6(3)4;;/h5-6H,1-4H3,(H,15,16);;/q-1;;+1. The number of carbonyl (C=O) groups excluding carboxylic acids is 2. The van der Waals surface area contributed by atoms with Gasteiger partial charge in [-0.2, -0.15) is 12.6 Å². The van der Waals surface area contributed by atoms with Gasteiger partial charge in [-0.1, -0.05) is 4.20 Å². The van der Waals surface area contributed by atoms with Gasteiger partial charge in [-0.3, -0.25) is 9.59 Å². The Morgan fingerprint density at radius 3 is 1.50 bits per heavy atom. The summed E-state index contributed by atoms with van der Waals surface area (Å²) in [6, 6.07) is 0. The van der Waals surface area contributed by atoms with Gasteiger partial charge in [0, 0.05) is 51.4 Å². The van der Waals surface area contributed by atoms with Gasteiger partial charge in [0.2, 0.25) is 0 Å². The first-order valence-corrected chi connectivity index (χ1v) is 5.63. The topological polar surface area (TPSA) is 52.6 Å². The number of esters is 2. The Kier molecular flexibility index (Phi) is 18.7. The second-order valence-electron chi connectivity index (χ2n) is 3.59. The van der Waals surface area contributed by atoms with Gasteiger partial charge in [-0.15, -0.1) is 18.1 Å². The molecule has 0 fully saturated rings. The third-order valence-corrected chi connectivity index (χ3v) is 1.74. The Morgan fingerprint density at radius 1 is 1.06 bits per heavy atom. The molecular weight excluding hydrogens is 326 g/mol. The van der Waals surface area contributed by atoms with Gasteiger partial charge in [-0.25, -0.2) is 0 Å². The van der Waals surface area contributed by atoms with Gasteiger partial charge in [0.15, 0.2) is 11.9 Å². The van der Waals surface area contributed by atoms with Crippen LogP contribution in [0.15, 0.2) is 0 Å². The van der Waals surface area contributed by atoms with Crippen LogP contribution >= 0.6 is 24.8 Å². The fourth-order valence-corrected chi connectivity index (χ4v) is 1.15. The summed E-state index contributed by atoms with van der Waals surface area (Å²) in [7, 11) is 0. The number of ether oxygens (including phenoxy) is 2. The molecule has 0 heterocycles. The summed E-state index contributed by atoms with van der Waals surface area (Å²) in [4.78, 5) is 23.0. The molecule has 0 spiro atoms. The molecule has 0 atom stereocenters. The van der Waals surface area contributed by atoms with E-state index in [1.807, 2.05) is 0 Å². The molecule has 0 aliphatic rings. The Balaban J connectivity index is -0.00000112. The molecule has 1 radical (unpaired) electrons. The molecule has 0 aliphatic carbocycles. The molecule has 8 heteroatoms. The second kappa shape index (κ2) is 13.2. The van der Waals surface area contributed by atoms with E-state index in [2.05, 4.69) is 12.6 Å². The average molecular weight is 342 g/mol. The maximum atomic E-state index is 11.5. The van der Waals surface area contributed by atoms with Crippen LogP contribution in [0.1, 0.15) is 27.7 Å². The average Bonchev–Trinajstić information content (AvgIpc) is 1.98. The minimum Gasteiger partial charge on any atom is -0.484 e. The van der Waals surface area contributed by atoms with E-state index in [1.54, 1.807) is 27.7 Å². The van der Waals surface area contributed by atoms with Gasteiger partial charge in [0.05, 0.1) is 12.2 Å². The first kappa shape index (κ1) is 25.5. The van der Waals surface area contributed by atoms with Crippen LogP contribution in [0.2, 0.25) is 0 Å². The molecule has 0 saturated carbocycles. The van der Waals surface area contributed by atoms with E-state index in [-0.39, 0.29) is 125 Å². The number of thiocarbonyl (C=S) groups is 1. The van der Waals surface area contributed by atoms with Crippen molar-refractivity contribution in [3.8, 4) is 0 Å². The summed E-state index contributed by atoms with van der Waals surface area (Å²) in [6.45, 7) is 6.69. The van der Waals surface area contributed by atoms with Crippen LogP contribution in [0, 0.1) is 5.92 Å². The molecule has 0 unspecified atom stereocenters. The zero-order valence-electron chi connectivity index (χ0n) is 11.6. The quantitative estimate of drug-likeness (QED) is 0.162. The van der Waals surface area contributed by atoms with E-state index in [1.165, 1.54) is 0 Å². The van der Waals surface area contributed by atoms with Gasteiger partial charge in [0.25, 0.3) is 0 Å². The van der Waals surface area contributed by atoms with Crippen LogP contribution in [0.5, 0.6) is 0 Å². The predicted molar refractivity (Wildman–Crippen MR) is 73.0 cm³/mol. The molecule has 0 aromatic carbocycles. The maximum Gasteiger partial charge on any atom is 1.00 e. The molecular formula is C10H15K2O4S2. The van der Waals surface area contributed by atoms with Gasteiger partial charge in [-0.05, 0) is 27.7 Å². The number of hydrogen-bond donors (Lipinski definition) is 1. The first-order chi connectivity index (χ1) is 7.25. The van der Waals surface area contributed by atoms with E-state index in [4.69, 9.17) is 21.7 Å². The van der Waals surface area contributed by atoms with Crippen molar-refractivity contribution in [3.05, 3.63) is 5.92 Å². The van der Waals surface area contributed by atoms with Crippen LogP contribution in [0.25, 0.3) is 0 Å². The van der Waals surface area contributed by atoms with Crippen LogP contribution < -0.4 is 51.4 Å². The zero-order valence-corrected chi connectivity index (χ0v) is 19.6. The maximum absolute atomic E-state index is 11.5. The summed E-state index contributed by atoms with van der Waals surface area (Å²) >= 11 is 8.51. The van der Waals surface area contributed by atoms with Crippen molar-refractivity contribution in [1.29, 1.82) is 0 Å². The van der Waals surface area contributed by atoms with Crippen molar-refractivity contribution < 1.29 is 70.4 Å². The van der Waals surface area contributed by atoms with Gasteiger partial charge < -0.3 is 9.47 Å². The number of thiol groups is 1. The Morgan fingerprint density at radius 2 is 1.33 bits per heavy atom. The molecule has 0 bridgehead atoms.